The topological polar surface area (TPSA) is 88.9 Å². The molecule has 0 bridgehead atoms. The second-order valence-electron chi connectivity index (χ2n) is 7.68. The number of hydrogen-bond acceptors (Lipinski definition) is 7. The van der Waals surface area contributed by atoms with Crippen LogP contribution in [0.4, 0.5) is 0 Å². The third kappa shape index (κ3) is 5.26. The highest BCUT2D eigenvalue weighted by atomic mass is 35.5. The molecule has 0 radical (unpaired) electrons. The van der Waals surface area contributed by atoms with Crippen LogP contribution in [0.15, 0.2) is 66.7 Å². The van der Waals surface area contributed by atoms with E-state index in [0.29, 0.717) is 32.8 Å². The van der Waals surface area contributed by atoms with Crippen molar-refractivity contribution in [2.75, 3.05) is 21.3 Å². The summed E-state index contributed by atoms with van der Waals surface area (Å²) in [6, 6.07) is 19.2. The van der Waals surface area contributed by atoms with E-state index in [2.05, 4.69) is 5.10 Å². The molecular formula is C27H22Cl2N2O6. The van der Waals surface area contributed by atoms with Crippen molar-refractivity contribution in [3.63, 3.8) is 0 Å². The zero-order valence-corrected chi connectivity index (χ0v) is 21.7. The maximum Gasteiger partial charge on any atom is 0.357 e. The van der Waals surface area contributed by atoms with Gasteiger partial charge in [-0.3, -0.25) is 0 Å². The lowest BCUT2D eigenvalue weighted by Crippen LogP contribution is -2.15. The molecule has 0 spiro atoms. The number of ether oxygens (including phenoxy) is 4. The van der Waals surface area contributed by atoms with Crippen molar-refractivity contribution in [1.29, 1.82) is 0 Å². The Morgan fingerprint density at radius 1 is 0.865 bits per heavy atom. The van der Waals surface area contributed by atoms with E-state index in [1.165, 1.54) is 26.0 Å². The molecule has 0 atom stereocenters. The second-order valence-corrected chi connectivity index (χ2v) is 8.49. The van der Waals surface area contributed by atoms with E-state index in [0.717, 1.165) is 5.56 Å². The van der Waals surface area contributed by atoms with E-state index < -0.39 is 11.9 Å². The molecule has 37 heavy (non-hydrogen) atoms. The van der Waals surface area contributed by atoms with Crippen LogP contribution in [0.5, 0.6) is 11.5 Å². The van der Waals surface area contributed by atoms with Gasteiger partial charge in [0.25, 0.3) is 0 Å². The molecule has 1 aromatic heterocycles. The van der Waals surface area contributed by atoms with Crippen LogP contribution in [-0.4, -0.2) is 43.0 Å². The summed E-state index contributed by atoms with van der Waals surface area (Å²) in [5.74, 6) is -0.836. The molecule has 0 saturated heterocycles. The van der Waals surface area contributed by atoms with E-state index in [9.17, 15) is 9.59 Å². The minimum atomic E-state index is -0.768. The lowest BCUT2D eigenvalue weighted by atomic mass is 10.0. The lowest BCUT2D eigenvalue weighted by molar-refractivity contribution is 0.0549. The Kier molecular flexibility index (Phi) is 8.01. The highest BCUT2D eigenvalue weighted by Gasteiger charge is 2.33. The Morgan fingerprint density at radius 2 is 1.59 bits per heavy atom. The highest BCUT2D eigenvalue weighted by Crippen LogP contribution is 2.41. The fourth-order valence-electron chi connectivity index (χ4n) is 3.74. The fourth-order valence-corrected chi connectivity index (χ4v) is 4.06. The van der Waals surface area contributed by atoms with Gasteiger partial charge < -0.3 is 18.9 Å². The zero-order valence-electron chi connectivity index (χ0n) is 20.2. The number of carbonyl (C=O) groups excluding carboxylic acids is 2. The van der Waals surface area contributed by atoms with Crippen LogP contribution >= 0.6 is 23.2 Å². The number of nitrogens with zero attached hydrogens (tertiary/aromatic N) is 2. The normalized spacial score (nSPS) is 10.6. The molecule has 4 rings (SSSR count). The average molecular weight is 541 g/mol. The van der Waals surface area contributed by atoms with Gasteiger partial charge in [-0.1, -0.05) is 53.5 Å². The Labute approximate surface area is 223 Å². The van der Waals surface area contributed by atoms with Crippen molar-refractivity contribution in [3.8, 4) is 28.4 Å². The number of aromatic nitrogens is 2. The van der Waals surface area contributed by atoms with Crippen LogP contribution in [0.3, 0.4) is 0 Å². The SMILES string of the molecule is COC(=O)c1c(-c2cccc(OC)c2OCc2ccc(Cl)c(Cl)c2)nn(-c2ccccc2)c1C(=O)OC. The van der Waals surface area contributed by atoms with Crippen LogP contribution in [0.1, 0.15) is 26.4 Å². The van der Waals surface area contributed by atoms with Gasteiger partial charge in [0.05, 0.1) is 37.1 Å². The molecular weight excluding hydrogens is 519 g/mol. The molecule has 0 amide bonds. The molecule has 0 N–H and O–H groups in total. The van der Waals surface area contributed by atoms with Crippen LogP contribution in [-0.2, 0) is 16.1 Å². The van der Waals surface area contributed by atoms with E-state index in [1.807, 2.05) is 6.07 Å². The lowest BCUT2D eigenvalue weighted by Gasteiger charge is -2.15. The summed E-state index contributed by atoms with van der Waals surface area (Å²) in [5.41, 5.74) is 1.68. The van der Waals surface area contributed by atoms with Gasteiger partial charge in [0.15, 0.2) is 17.2 Å². The summed E-state index contributed by atoms with van der Waals surface area (Å²) < 4.78 is 23.1. The molecule has 0 saturated carbocycles. The van der Waals surface area contributed by atoms with E-state index in [1.54, 1.807) is 60.7 Å². The first-order valence-corrected chi connectivity index (χ1v) is 11.7. The van der Waals surface area contributed by atoms with Crippen molar-refractivity contribution in [3.05, 3.63) is 93.6 Å². The fraction of sp³-hybridized carbons (Fsp3) is 0.148. The van der Waals surface area contributed by atoms with Gasteiger partial charge in [0, 0.05) is 5.56 Å². The molecule has 0 aliphatic carbocycles. The third-order valence-electron chi connectivity index (χ3n) is 5.48. The zero-order chi connectivity index (χ0) is 26.5. The Bertz CT molecular complexity index is 1450. The smallest absolute Gasteiger partial charge is 0.357 e. The van der Waals surface area contributed by atoms with Crippen molar-refractivity contribution in [1.82, 2.24) is 9.78 Å². The van der Waals surface area contributed by atoms with Gasteiger partial charge in [0.2, 0.25) is 0 Å². The molecule has 10 heteroatoms. The number of rotatable bonds is 8. The summed E-state index contributed by atoms with van der Waals surface area (Å²) >= 11 is 12.2. The molecule has 0 fully saturated rings. The van der Waals surface area contributed by atoms with Crippen LogP contribution in [0.2, 0.25) is 10.0 Å². The number of halogens is 2. The quantitative estimate of drug-likeness (QED) is 0.253. The first-order valence-electron chi connectivity index (χ1n) is 11.0. The molecule has 190 valence electrons. The molecule has 0 aliphatic rings. The number of esters is 2. The maximum absolute atomic E-state index is 13.0. The van der Waals surface area contributed by atoms with Gasteiger partial charge in [-0.15, -0.1) is 0 Å². The largest absolute Gasteiger partial charge is 0.493 e. The monoisotopic (exact) mass is 540 g/mol. The highest BCUT2D eigenvalue weighted by molar-refractivity contribution is 6.42. The van der Waals surface area contributed by atoms with Gasteiger partial charge in [-0.2, -0.15) is 5.10 Å². The Morgan fingerprint density at radius 3 is 2.24 bits per heavy atom. The van der Waals surface area contributed by atoms with Gasteiger partial charge in [-0.05, 0) is 42.0 Å². The number of benzene rings is 3. The van der Waals surface area contributed by atoms with Gasteiger partial charge in [-0.25, -0.2) is 14.3 Å². The minimum Gasteiger partial charge on any atom is -0.493 e. The summed E-state index contributed by atoms with van der Waals surface area (Å²) in [6.07, 6.45) is 0. The number of carbonyl (C=O) groups is 2. The second kappa shape index (κ2) is 11.4. The molecule has 3 aromatic carbocycles. The predicted octanol–water partition coefficient (Wildman–Crippen LogP) is 6.01. The predicted molar refractivity (Wildman–Crippen MR) is 139 cm³/mol. The Balaban J connectivity index is 1.92. The first kappa shape index (κ1) is 26.1. The van der Waals surface area contributed by atoms with Gasteiger partial charge >= 0.3 is 11.9 Å². The standard InChI is InChI=1S/C27H22Cl2N2O6/c1-34-21-11-7-10-18(25(21)37-15-16-12-13-19(28)20(29)14-16)23-22(26(32)35-2)24(27(33)36-3)31(30-23)17-8-5-4-6-9-17/h4-14H,15H2,1-3H3. The van der Waals surface area contributed by atoms with E-state index >= 15 is 0 Å². The van der Waals surface area contributed by atoms with E-state index in [-0.39, 0.29) is 23.6 Å². The van der Waals surface area contributed by atoms with Crippen molar-refractivity contribution in [2.24, 2.45) is 0 Å². The number of hydrogen-bond donors (Lipinski definition) is 0. The Hall–Kier alpha value is -4.01. The third-order valence-corrected chi connectivity index (χ3v) is 6.21. The molecule has 1 heterocycles. The van der Waals surface area contributed by atoms with Crippen LogP contribution in [0.25, 0.3) is 16.9 Å². The molecule has 4 aromatic rings. The minimum absolute atomic E-state index is 0.0779. The summed E-state index contributed by atoms with van der Waals surface area (Å²) in [6.45, 7) is 0.112. The molecule has 0 aliphatic heterocycles. The summed E-state index contributed by atoms with van der Waals surface area (Å²) in [5, 5.41) is 5.46. The summed E-state index contributed by atoms with van der Waals surface area (Å²) in [4.78, 5) is 25.9. The van der Waals surface area contributed by atoms with Crippen LogP contribution < -0.4 is 9.47 Å². The van der Waals surface area contributed by atoms with Crippen molar-refractivity contribution in [2.45, 2.75) is 6.61 Å². The molecule has 0 unspecified atom stereocenters. The maximum atomic E-state index is 13.0. The van der Waals surface area contributed by atoms with Crippen molar-refractivity contribution >= 4 is 35.1 Å². The average Bonchev–Trinajstić information content (AvgIpc) is 3.33. The van der Waals surface area contributed by atoms with Crippen molar-refractivity contribution < 1.29 is 28.5 Å². The molecule has 8 nitrogen and oxygen atoms in total. The van der Waals surface area contributed by atoms with Crippen LogP contribution in [0, 0.1) is 0 Å². The summed E-state index contributed by atoms with van der Waals surface area (Å²) in [7, 11) is 3.94. The number of methoxy groups -OCH3 is 3. The first-order chi connectivity index (χ1) is 17.9. The van der Waals surface area contributed by atoms with E-state index in [4.69, 9.17) is 42.1 Å². The van der Waals surface area contributed by atoms with Gasteiger partial charge in [0.1, 0.15) is 17.9 Å². The number of para-hydroxylation sites is 2.